The molecule has 1 atom stereocenters. The predicted molar refractivity (Wildman–Crippen MR) is 68.8 cm³/mol. The number of hydrogen-bond donors (Lipinski definition) is 1. The number of esters is 1. The summed E-state index contributed by atoms with van der Waals surface area (Å²) >= 11 is 0. The average molecular weight is 248 g/mol. The first-order chi connectivity index (χ1) is 8.73. The van der Waals surface area contributed by atoms with Crippen molar-refractivity contribution in [1.82, 2.24) is 4.98 Å². The van der Waals surface area contributed by atoms with E-state index in [0.29, 0.717) is 12.5 Å². The highest BCUT2D eigenvalue weighted by atomic mass is 16.5. The van der Waals surface area contributed by atoms with E-state index < -0.39 is 5.41 Å². The molecule has 0 saturated heterocycles. The maximum atomic E-state index is 12.0. The van der Waals surface area contributed by atoms with Crippen LogP contribution in [0.1, 0.15) is 25.0 Å². The molecule has 18 heavy (non-hydrogen) atoms. The summed E-state index contributed by atoms with van der Waals surface area (Å²) in [6.45, 7) is 0.358. The van der Waals surface area contributed by atoms with Crippen LogP contribution in [0.5, 0.6) is 0 Å². The van der Waals surface area contributed by atoms with Gasteiger partial charge in [-0.15, -0.1) is 0 Å². The molecule has 1 aliphatic rings. The number of carbonyl (C=O) groups is 1. The molecule has 2 N–H and O–H groups in total. The van der Waals surface area contributed by atoms with Crippen LogP contribution in [0.3, 0.4) is 0 Å². The van der Waals surface area contributed by atoms with E-state index in [4.69, 9.17) is 10.5 Å². The second-order valence-corrected chi connectivity index (χ2v) is 4.95. The number of methoxy groups -OCH3 is 1. The molecule has 1 aliphatic carbocycles. The zero-order valence-corrected chi connectivity index (χ0v) is 10.8. The molecule has 4 nitrogen and oxygen atoms in total. The smallest absolute Gasteiger partial charge is 0.313 e. The minimum absolute atomic E-state index is 0.163. The molecule has 0 radical (unpaired) electrons. The van der Waals surface area contributed by atoms with E-state index in [2.05, 4.69) is 4.98 Å². The Morgan fingerprint density at radius 2 is 2.33 bits per heavy atom. The molecule has 1 aromatic rings. The van der Waals surface area contributed by atoms with Gasteiger partial charge in [0.05, 0.1) is 12.5 Å². The van der Waals surface area contributed by atoms with Gasteiger partial charge in [0.15, 0.2) is 0 Å². The molecule has 1 saturated carbocycles. The molecular weight excluding hydrogens is 228 g/mol. The number of aromatic nitrogens is 1. The van der Waals surface area contributed by atoms with Crippen LogP contribution >= 0.6 is 0 Å². The first kappa shape index (κ1) is 13.0. The lowest BCUT2D eigenvalue weighted by Crippen LogP contribution is -2.42. The van der Waals surface area contributed by atoms with Crippen molar-refractivity contribution in [2.75, 3.05) is 13.7 Å². The summed E-state index contributed by atoms with van der Waals surface area (Å²) in [5, 5.41) is 0. The summed E-state index contributed by atoms with van der Waals surface area (Å²) in [5.74, 6) is 0.224. The Morgan fingerprint density at radius 3 is 2.83 bits per heavy atom. The van der Waals surface area contributed by atoms with Crippen molar-refractivity contribution in [3.05, 3.63) is 30.1 Å². The van der Waals surface area contributed by atoms with Crippen molar-refractivity contribution >= 4 is 5.97 Å². The highest BCUT2D eigenvalue weighted by Gasteiger charge is 2.50. The topological polar surface area (TPSA) is 65.2 Å². The number of rotatable bonds is 6. The predicted octanol–water partition coefficient (Wildman–Crippen LogP) is 1.54. The summed E-state index contributed by atoms with van der Waals surface area (Å²) in [6.07, 6.45) is 5.42. The SMILES string of the molecule is COC(=O)C(CN)(CCc1ccccn1)C1CC1. The third-order valence-corrected chi connectivity index (χ3v) is 3.87. The molecule has 0 aliphatic heterocycles. The zero-order valence-electron chi connectivity index (χ0n) is 10.8. The number of aryl methyl sites for hydroxylation is 1. The van der Waals surface area contributed by atoms with Gasteiger partial charge in [0.25, 0.3) is 0 Å². The van der Waals surface area contributed by atoms with E-state index in [9.17, 15) is 4.79 Å². The average Bonchev–Trinajstić information content (AvgIpc) is 3.26. The minimum atomic E-state index is -0.508. The third-order valence-electron chi connectivity index (χ3n) is 3.87. The van der Waals surface area contributed by atoms with Crippen LogP contribution in [-0.2, 0) is 16.0 Å². The molecule has 0 bridgehead atoms. The normalized spacial score (nSPS) is 18.1. The number of nitrogens with zero attached hydrogens (tertiary/aromatic N) is 1. The van der Waals surface area contributed by atoms with Crippen molar-refractivity contribution in [2.45, 2.75) is 25.7 Å². The number of ether oxygens (including phenoxy) is 1. The van der Waals surface area contributed by atoms with E-state index in [-0.39, 0.29) is 5.97 Å². The lowest BCUT2D eigenvalue weighted by atomic mass is 9.78. The summed E-state index contributed by atoms with van der Waals surface area (Å²) in [6, 6.07) is 5.83. The zero-order chi connectivity index (χ0) is 13.0. The van der Waals surface area contributed by atoms with E-state index in [0.717, 1.165) is 31.4 Å². The Balaban J connectivity index is 2.08. The molecule has 0 amide bonds. The lowest BCUT2D eigenvalue weighted by Gasteiger charge is -2.29. The highest BCUT2D eigenvalue weighted by molar-refractivity contribution is 5.78. The Kier molecular flexibility index (Phi) is 3.97. The van der Waals surface area contributed by atoms with Crippen LogP contribution in [-0.4, -0.2) is 24.6 Å². The molecule has 1 unspecified atom stereocenters. The minimum Gasteiger partial charge on any atom is -0.469 e. The maximum Gasteiger partial charge on any atom is 0.313 e. The number of carbonyl (C=O) groups excluding carboxylic acids is 1. The van der Waals surface area contributed by atoms with Gasteiger partial charge in [0, 0.05) is 18.4 Å². The van der Waals surface area contributed by atoms with Gasteiger partial charge in [-0.3, -0.25) is 9.78 Å². The van der Waals surface area contributed by atoms with Crippen molar-refractivity contribution < 1.29 is 9.53 Å². The summed E-state index contributed by atoms with van der Waals surface area (Å²) in [4.78, 5) is 16.3. The largest absolute Gasteiger partial charge is 0.469 e. The van der Waals surface area contributed by atoms with Crippen LogP contribution in [0.25, 0.3) is 0 Å². The van der Waals surface area contributed by atoms with Crippen LogP contribution in [0.15, 0.2) is 24.4 Å². The molecule has 1 aromatic heterocycles. The van der Waals surface area contributed by atoms with Crippen molar-refractivity contribution in [1.29, 1.82) is 0 Å². The van der Waals surface area contributed by atoms with Gasteiger partial charge in [-0.25, -0.2) is 0 Å². The Morgan fingerprint density at radius 1 is 1.56 bits per heavy atom. The van der Waals surface area contributed by atoms with Crippen molar-refractivity contribution in [3.63, 3.8) is 0 Å². The van der Waals surface area contributed by atoms with E-state index >= 15 is 0 Å². The lowest BCUT2D eigenvalue weighted by molar-refractivity contribution is -0.154. The maximum absolute atomic E-state index is 12.0. The van der Waals surface area contributed by atoms with E-state index in [1.54, 1.807) is 6.20 Å². The van der Waals surface area contributed by atoms with Crippen LogP contribution < -0.4 is 5.73 Å². The van der Waals surface area contributed by atoms with Gasteiger partial charge in [-0.1, -0.05) is 6.07 Å². The highest BCUT2D eigenvalue weighted by Crippen LogP contribution is 2.48. The fourth-order valence-electron chi connectivity index (χ4n) is 2.56. The summed E-state index contributed by atoms with van der Waals surface area (Å²) in [5.41, 5.74) is 6.36. The fourth-order valence-corrected chi connectivity index (χ4v) is 2.56. The van der Waals surface area contributed by atoms with Gasteiger partial charge in [-0.05, 0) is 43.7 Å². The van der Waals surface area contributed by atoms with E-state index in [1.165, 1.54) is 7.11 Å². The molecule has 0 aromatic carbocycles. The standard InChI is InChI=1S/C14H20N2O2/c1-18-13(17)14(10-15,11-5-6-11)8-7-12-4-2-3-9-16-12/h2-4,9,11H,5-8,10,15H2,1H3. The second kappa shape index (κ2) is 5.48. The van der Waals surface area contributed by atoms with Crippen LogP contribution in [0.4, 0.5) is 0 Å². The molecule has 2 rings (SSSR count). The number of pyridine rings is 1. The van der Waals surface area contributed by atoms with Gasteiger partial charge in [0.1, 0.15) is 0 Å². The molecule has 1 fully saturated rings. The van der Waals surface area contributed by atoms with Crippen LogP contribution in [0, 0.1) is 11.3 Å². The Hall–Kier alpha value is -1.42. The molecular formula is C14H20N2O2. The Bertz CT molecular complexity index is 404. The second-order valence-electron chi connectivity index (χ2n) is 4.95. The van der Waals surface area contributed by atoms with Gasteiger partial charge in [-0.2, -0.15) is 0 Å². The first-order valence-corrected chi connectivity index (χ1v) is 6.41. The Labute approximate surface area is 108 Å². The van der Waals surface area contributed by atoms with Crippen molar-refractivity contribution in [2.24, 2.45) is 17.1 Å². The fraction of sp³-hybridized carbons (Fsp3) is 0.571. The molecule has 98 valence electrons. The van der Waals surface area contributed by atoms with Gasteiger partial charge in [0.2, 0.25) is 0 Å². The van der Waals surface area contributed by atoms with Crippen molar-refractivity contribution in [3.8, 4) is 0 Å². The van der Waals surface area contributed by atoms with Gasteiger partial charge < -0.3 is 10.5 Å². The number of nitrogens with two attached hydrogens (primary N) is 1. The molecule has 1 heterocycles. The molecule has 0 spiro atoms. The molecule has 4 heteroatoms. The quantitative estimate of drug-likeness (QED) is 0.776. The first-order valence-electron chi connectivity index (χ1n) is 6.41. The van der Waals surface area contributed by atoms with Gasteiger partial charge >= 0.3 is 5.97 Å². The number of hydrogen-bond acceptors (Lipinski definition) is 4. The van der Waals surface area contributed by atoms with E-state index in [1.807, 2.05) is 18.2 Å². The summed E-state index contributed by atoms with van der Waals surface area (Å²) < 4.78 is 4.96. The third kappa shape index (κ3) is 2.53. The summed E-state index contributed by atoms with van der Waals surface area (Å²) in [7, 11) is 1.44. The monoisotopic (exact) mass is 248 g/mol. The van der Waals surface area contributed by atoms with Crippen LogP contribution in [0.2, 0.25) is 0 Å².